The lowest BCUT2D eigenvalue weighted by molar-refractivity contribution is 0.102. The van der Waals surface area contributed by atoms with Gasteiger partial charge >= 0.3 is 0 Å². The maximum Gasteiger partial charge on any atom is 0.255 e. The molecule has 0 saturated heterocycles. The van der Waals surface area contributed by atoms with Gasteiger partial charge in [-0.1, -0.05) is 0 Å². The largest absolute Gasteiger partial charge is 0.508 e. The SMILES string of the molecule is Cc1cc(O)ccc1NC(=O)c1ccc(F)c(N)c1. The van der Waals surface area contributed by atoms with Gasteiger partial charge in [0.1, 0.15) is 11.6 Å². The van der Waals surface area contributed by atoms with Crippen LogP contribution in [0.1, 0.15) is 15.9 Å². The third-order valence-electron chi connectivity index (χ3n) is 2.72. The van der Waals surface area contributed by atoms with Crippen molar-refractivity contribution < 1.29 is 14.3 Å². The number of rotatable bonds is 2. The maximum atomic E-state index is 13.0. The van der Waals surface area contributed by atoms with E-state index in [0.29, 0.717) is 5.69 Å². The molecule has 0 saturated carbocycles. The van der Waals surface area contributed by atoms with Crippen LogP contribution in [0.3, 0.4) is 0 Å². The van der Waals surface area contributed by atoms with Gasteiger partial charge in [0.05, 0.1) is 5.69 Å². The number of aromatic hydroxyl groups is 1. The molecule has 2 aromatic carbocycles. The first-order valence-electron chi connectivity index (χ1n) is 5.63. The number of anilines is 2. The predicted octanol–water partition coefficient (Wildman–Crippen LogP) is 2.67. The van der Waals surface area contributed by atoms with Gasteiger partial charge in [0, 0.05) is 11.3 Å². The van der Waals surface area contributed by atoms with E-state index in [1.165, 1.54) is 24.3 Å². The zero-order valence-corrected chi connectivity index (χ0v) is 10.3. The number of hydrogen-bond acceptors (Lipinski definition) is 3. The predicted molar refractivity (Wildman–Crippen MR) is 71.6 cm³/mol. The second-order valence-electron chi connectivity index (χ2n) is 4.19. The third-order valence-corrected chi connectivity index (χ3v) is 2.72. The Kier molecular flexibility index (Phi) is 3.37. The number of carbonyl (C=O) groups excluding carboxylic acids is 1. The molecule has 0 aliphatic heterocycles. The standard InChI is InChI=1S/C14H13FN2O2/c1-8-6-10(18)3-5-13(8)17-14(19)9-2-4-11(15)12(16)7-9/h2-7,18H,16H2,1H3,(H,17,19). The molecule has 19 heavy (non-hydrogen) atoms. The molecule has 4 nitrogen and oxygen atoms in total. The third kappa shape index (κ3) is 2.82. The van der Waals surface area contributed by atoms with Crippen LogP contribution < -0.4 is 11.1 Å². The van der Waals surface area contributed by atoms with Gasteiger partial charge in [-0.25, -0.2) is 4.39 Å². The van der Waals surface area contributed by atoms with Crippen molar-refractivity contribution >= 4 is 17.3 Å². The number of halogens is 1. The fraction of sp³-hybridized carbons (Fsp3) is 0.0714. The first-order valence-corrected chi connectivity index (χ1v) is 5.63. The number of phenolic OH excluding ortho intramolecular Hbond substituents is 1. The molecule has 5 heteroatoms. The quantitative estimate of drug-likeness (QED) is 0.574. The van der Waals surface area contributed by atoms with Gasteiger partial charge in [0.25, 0.3) is 5.91 Å². The Bertz CT molecular complexity index is 641. The summed E-state index contributed by atoms with van der Waals surface area (Å²) in [6.07, 6.45) is 0. The highest BCUT2D eigenvalue weighted by Gasteiger charge is 2.10. The molecule has 4 N–H and O–H groups in total. The van der Waals surface area contributed by atoms with Crippen LogP contribution in [-0.4, -0.2) is 11.0 Å². The Morgan fingerprint density at radius 2 is 2.00 bits per heavy atom. The maximum absolute atomic E-state index is 13.0. The number of aryl methyl sites for hydroxylation is 1. The molecule has 2 rings (SSSR count). The van der Waals surface area contributed by atoms with Gasteiger partial charge in [-0.05, 0) is 48.9 Å². The Hall–Kier alpha value is -2.56. The number of nitrogens with two attached hydrogens (primary N) is 1. The number of phenols is 1. The average Bonchev–Trinajstić information content (AvgIpc) is 2.36. The molecule has 98 valence electrons. The summed E-state index contributed by atoms with van der Waals surface area (Å²) in [6.45, 7) is 1.76. The lowest BCUT2D eigenvalue weighted by Crippen LogP contribution is -2.13. The van der Waals surface area contributed by atoms with Crippen molar-refractivity contribution in [2.45, 2.75) is 6.92 Å². The van der Waals surface area contributed by atoms with E-state index in [0.717, 1.165) is 11.6 Å². The first-order chi connectivity index (χ1) is 8.97. The van der Waals surface area contributed by atoms with Crippen molar-refractivity contribution in [1.82, 2.24) is 0 Å². The topological polar surface area (TPSA) is 75.3 Å². The number of hydrogen-bond donors (Lipinski definition) is 3. The summed E-state index contributed by atoms with van der Waals surface area (Å²) >= 11 is 0. The Labute approximate surface area is 109 Å². The minimum absolute atomic E-state index is 0.0740. The molecule has 0 aliphatic rings. The number of benzene rings is 2. The van der Waals surface area contributed by atoms with E-state index in [9.17, 15) is 14.3 Å². The molecule has 1 amide bonds. The van der Waals surface area contributed by atoms with Crippen LogP contribution in [0.2, 0.25) is 0 Å². The van der Waals surface area contributed by atoms with Crippen LogP contribution in [0.5, 0.6) is 5.75 Å². The minimum atomic E-state index is -0.558. The monoisotopic (exact) mass is 260 g/mol. The summed E-state index contributed by atoms with van der Waals surface area (Å²) in [5.41, 5.74) is 6.91. The van der Waals surface area contributed by atoms with Crippen molar-refractivity contribution in [3.05, 3.63) is 53.3 Å². The van der Waals surface area contributed by atoms with Crippen LogP contribution >= 0.6 is 0 Å². The molecule has 0 bridgehead atoms. The van der Waals surface area contributed by atoms with E-state index in [1.807, 2.05) is 0 Å². The summed E-state index contributed by atoms with van der Waals surface area (Å²) in [7, 11) is 0. The summed E-state index contributed by atoms with van der Waals surface area (Å²) in [5.74, 6) is -0.820. The molecule has 0 fully saturated rings. The van der Waals surface area contributed by atoms with E-state index < -0.39 is 5.82 Å². The normalized spacial score (nSPS) is 10.2. The number of carbonyl (C=O) groups is 1. The fourth-order valence-electron chi connectivity index (χ4n) is 1.67. The zero-order chi connectivity index (χ0) is 14.0. The molecule has 0 atom stereocenters. The molecule has 0 heterocycles. The first kappa shape index (κ1) is 12.9. The van der Waals surface area contributed by atoms with Crippen LogP contribution in [0.25, 0.3) is 0 Å². The zero-order valence-electron chi connectivity index (χ0n) is 10.3. The fourth-order valence-corrected chi connectivity index (χ4v) is 1.67. The number of nitrogens with one attached hydrogen (secondary N) is 1. The molecular weight excluding hydrogens is 247 g/mol. The molecule has 0 spiro atoms. The second-order valence-corrected chi connectivity index (χ2v) is 4.19. The smallest absolute Gasteiger partial charge is 0.255 e. The van der Waals surface area contributed by atoms with Gasteiger partial charge in [-0.3, -0.25) is 4.79 Å². The van der Waals surface area contributed by atoms with E-state index in [2.05, 4.69) is 5.32 Å². The average molecular weight is 260 g/mol. The van der Waals surface area contributed by atoms with Gasteiger partial charge in [0.2, 0.25) is 0 Å². The van der Waals surface area contributed by atoms with Gasteiger partial charge in [-0.2, -0.15) is 0 Å². The van der Waals surface area contributed by atoms with Crippen molar-refractivity contribution in [3.8, 4) is 5.75 Å². The van der Waals surface area contributed by atoms with Gasteiger partial charge in [0.15, 0.2) is 0 Å². The lowest BCUT2D eigenvalue weighted by Gasteiger charge is -2.09. The highest BCUT2D eigenvalue weighted by atomic mass is 19.1. The van der Waals surface area contributed by atoms with Gasteiger partial charge < -0.3 is 16.2 Å². The van der Waals surface area contributed by atoms with Crippen molar-refractivity contribution in [2.75, 3.05) is 11.1 Å². The summed E-state index contributed by atoms with van der Waals surface area (Å²) in [6, 6.07) is 8.39. The van der Waals surface area contributed by atoms with Crippen LogP contribution in [-0.2, 0) is 0 Å². The van der Waals surface area contributed by atoms with Crippen LogP contribution in [0, 0.1) is 12.7 Å². The van der Waals surface area contributed by atoms with E-state index in [-0.39, 0.29) is 22.9 Å². The van der Waals surface area contributed by atoms with Crippen LogP contribution in [0.15, 0.2) is 36.4 Å². The number of nitrogen functional groups attached to an aromatic ring is 1. The molecule has 0 aromatic heterocycles. The van der Waals surface area contributed by atoms with E-state index in [1.54, 1.807) is 13.0 Å². The highest BCUT2D eigenvalue weighted by Crippen LogP contribution is 2.21. The lowest BCUT2D eigenvalue weighted by atomic mass is 10.1. The number of amides is 1. The second kappa shape index (κ2) is 4.97. The van der Waals surface area contributed by atoms with Crippen molar-refractivity contribution in [3.63, 3.8) is 0 Å². The summed E-state index contributed by atoms with van der Waals surface area (Å²) < 4.78 is 13.0. The molecule has 2 aromatic rings. The Morgan fingerprint density at radius 3 is 2.63 bits per heavy atom. The van der Waals surface area contributed by atoms with E-state index in [4.69, 9.17) is 5.73 Å². The molecule has 0 radical (unpaired) electrons. The van der Waals surface area contributed by atoms with Crippen molar-refractivity contribution in [2.24, 2.45) is 0 Å². The molecule has 0 unspecified atom stereocenters. The Balaban J connectivity index is 2.23. The van der Waals surface area contributed by atoms with E-state index >= 15 is 0 Å². The highest BCUT2D eigenvalue weighted by molar-refractivity contribution is 6.05. The van der Waals surface area contributed by atoms with Gasteiger partial charge in [-0.15, -0.1) is 0 Å². The summed E-state index contributed by atoms with van der Waals surface area (Å²) in [4.78, 5) is 12.0. The van der Waals surface area contributed by atoms with Crippen LogP contribution in [0.4, 0.5) is 15.8 Å². The van der Waals surface area contributed by atoms with Crippen molar-refractivity contribution in [1.29, 1.82) is 0 Å². The molecular formula is C14H13FN2O2. The molecule has 0 aliphatic carbocycles. The minimum Gasteiger partial charge on any atom is -0.508 e. The summed E-state index contributed by atoms with van der Waals surface area (Å²) in [5, 5.41) is 12.0. The Morgan fingerprint density at radius 1 is 1.26 bits per heavy atom.